The van der Waals surface area contributed by atoms with Crippen LogP contribution in [0, 0.1) is 0 Å². The smallest absolute Gasteiger partial charge is 0.223 e. The normalized spacial score (nSPS) is 14.5. The lowest BCUT2D eigenvalue weighted by atomic mass is 9.99. The Morgan fingerprint density at radius 2 is 1.64 bits per heavy atom. The average molecular weight is 291 g/mol. The van der Waals surface area contributed by atoms with Crippen molar-refractivity contribution >= 4 is 11.5 Å². The van der Waals surface area contributed by atoms with E-state index in [-0.39, 0.29) is 5.91 Å². The summed E-state index contributed by atoms with van der Waals surface area (Å²) < 4.78 is 0. The summed E-state index contributed by atoms with van der Waals surface area (Å²) in [4.78, 5) is 14.3. The highest BCUT2D eigenvalue weighted by Crippen LogP contribution is 2.22. The minimum Gasteiger partial charge on any atom is -0.339 e. The molecule has 0 spiro atoms. The van der Waals surface area contributed by atoms with Crippen LogP contribution >= 0.6 is 0 Å². The Balaban J connectivity index is 1.54. The number of amides is 1. The molecule has 2 nitrogen and oxygen atoms in total. The van der Waals surface area contributed by atoms with Crippen LogP contribution in [0.1, 0.15) is 24.0 Å². The van der Waals surface area contributed by atoms with Crippen molar-refractivity contribution in [3.8, 4) is 0 Å². The summed E-state index contributed by atoms with van der Waals surface area (Å²) in [7, 11) is 0. The van der Waals surface area contributed by atoms with Crippen molar-refractivity contribution in [2.75, 3.05) is 13.1 Å². The highest BCUT2D eigenvalue weighted by atomic mass is 16.2. The third-order valence-electron chi connectivity index (χ3n) is 4.18. The van der Waals surface area contributed by atoms with Crippen molar-refractivity contribution in [1.29, 1.82) is 0 Å². The van der Waals surface area contributed by atoms with E-state index in [1.165, 1.54) is 16.7 Å². The van der Waals surface area contributed by atoms with Crippen LogP contribution < -0.4 is 0 Å². The maximum Gasteiger partial charge on any atom is 0.223 e. The molecule has 112 valence electrons. The molecule has 0 radical (unpaired) electrons. The maximum atomic E-state index is 12.3. The van der Waals surface area contributed by atoms with E-state index < -0.39 is 0 Å². The Kier molecular flexibility index (Phi) is 4.69. The van der Waals surface area contributed by atoms with E-state index in [0.717, 1.165) is 25.9 Å². The first kappa shape index (κ1) is 14.6. The van der Waals surface area contributed by atoms with E-state index in [1.54, 1.807) is 0 Å². The molecule has 1 aliphatic heterocycles. The van der Waals surface area contributed by atoms with Crippen LogP contribution in [0.2, 0.25) is 0 Å². The summed E-state index contributed by atoms with van der Waals surface area (Å²) in [6.45, 7) is 1.56. The number of nitrogens with zero attached hydrogens (tertiary/aromatic N) is 1. The SMILES string of the molecule is O=C(CCc1ccccc1)N1CC=C(c2ccccc2)CC1. The Bertz CT molecular complexity index is 646. The number of rotatable bonds is 4. The zero-order chi connectivity index (χ0) is 15.2. The molecule has 0 bridgehead atoms. The largest absolute Gasteiger partial charge is 0.339 e. The molecular weight excluding hydrogens is 270 g/mol. The van der Waals surface area contributed by atoms with Crippen molar-refractivity contribution in [2.45, 2.75) is 19.3 Å². The highest BCUT2D eigenvalue weighted by molar-refractivity contribution is 5.78. The number of hydrogen-bond acceptors (Lipinski definition) is 1. The average Bonchev–Trinajstić information content (AvgIpc) is 2.61. The monoisotopic (exact) mass is 291 g/mol. The van der Waals surface area contributed by atoms with Crippen molar-refractivity contribution in [1.82, 2.24) is 4.90 Å². The lowest BCUT2D eigenvalue weighted by molar-refractivity contribution is -0.130. The molecule has 1 amide bonds. The fraction of sp³-hybridized carbons (Fsp3) is 0.250. The van der Waals surface area contributed by atoms with Gasteiger partial charge in [-0.25, -0.2) is 0 Å². The molecule has 0 aromatic heterocycles. The molecule has 0 saturated carbocycles. The molecule has 0 saturated heterocycles. The molecule has 1 aliphatic rings. The Morgan fingerprint density at radius 1 is 0.955 bits per heavy atom. The van der Waals surface area contributed by atoms with E-state index in [2.05, 4.69) is 42.5 Å². The van der Waals surface area contributed by atoms with Gasteiger partial charge in [-0.1, -0.05) is 66.7 Å². The van der Waals surface area contributed by atoms with Gasteiger partial charge in [0.1, 0.15) is 0 Å². The Hall–Kier alpha value is -2.35. The lowest BCUT2D eigenvalue weighted by Crippen LogP contribution is -2.34. The molecule has 0 unspecified atom stereocenters. The fourth-order valence-electron chi connectivity index (χ4n) is 2.86. The predicted octanol–water partition coefficient (Wildman–Crippen LogP) is 3.94. The lowest BCUT2D eigenvalue weighted by Gasteiger charge is -2.26. The zero-order valence-corrected chi connectivity index (χ0v) is 12.7. The summed E-state index contributed by atoms with van der Waals surface area (Å²) in [5, 5.41) is 0. The summed E-state index contributed by atoms with van der Waals surface area (Å²) in [6.07, 6.45) is 4.56. The molecule has 3 rings (SSSR count). The summed E-state index contributed by atoms with van der Waals surface area (Å²) in [5.74, 6) is 0.257. The van der Waals surface area contributed by atoms with Gasteiger partial charge >= 0.3 is 0 Å². The standard InChI is InChI=1S/C20H21NO/c22-20(12-11-17-7-3-1-4-8-17)21-15-13-19(14-16-21)18-9-5-2-6-10-18/h1-10,13H,11-12,14-16H2. The van der Waals surface area contributed by atoms with Crippen LogP contribution in [0.3, 0.4) is 0 Å². The topological polar surface area (TPSA) is 20.3 Å². The highest BCUT2D eigenvalue weighted by Gasteiger charge is 2.17. The van der Waals surface area contributed by atoms with Crippen molar-refractivity contribution < 1.29 is 4.79 Å². The quantitative estimate of drug-likeness (QED) is 0.835. The molecule has 22 heavy (non-hydrogen) atoms. The first-order chi connectivity index (χ1) is 10.8. The number of benzene rings is 2. The van der Waals surface area contributed by atoms with Gasteiger partial charge in [0.05, 0.1) is 0 Å². The Morgan fingerprint density at radius 3 is 2.27 bits per heavy atom. The Labute approximate surface area is 132 Å². The number of aryl methyl sites for hydroxylation is 1. The van der Waals surface area contributed by atoms with E-state index >= 15 is 0 Å². The first-order valence-electron chi connectivity index (χ1n) is 7.89. The minimum atomic E-state index is 0.257. The van der Waals surface area contributed by atoms with E-state index in [1.807, 2.05) is 29.2 Å². The van der Waals surface area contributed by atoms with Gasteiger partial charge < -0.3 is 4.90 Å². The molecule has 2 heteroatoms. The van der Waals surface area contributed by atoms with Gasteiger partial charge in [0.2, 0.25) is 5.91 Å². The minimum absolute atomic E-state index is 0.257. The fourth-order valence-corrected chi connectivity index (χ4v) is 2.86. The number of carbonyl (C=O) groups is 1. The molecule has 0 N–H and O–H groups in total. The summed E-state index contributed by atoms with van der Waals surface area (Å²) in [5.41, 5.74) is 3.86. The van der Waals surface area contributed by atoms with Crippen molar-refractivity contribution in [3.05, 3.63) is 77.9 Å². The van der Waals surface area contributed by atoms with E-state index in [4.69, 9.17) is 0 Å². The molecule has 2 aromatic carbocycles. The van der Waals surface area contributed by atoms with Crippen LogP contribution in [0.15, 0.2) is 66.7 Å². The molecule has 2 aromatic rings. The van der Waals surface area contributed by atoms with E-state index in [9.17, 15) is 4.79 Å². The molecule has 0 fully saturated rings. The van der Waals surface area contributed by atoms with Crippen LogP contribution in [-0.4, -0.2) is 23.9 Å². The molecular formula is C20H21NO. The van der Waals surface area contributed by atoms with Gasteiger partial charge in [0, 0.05) is 19.5 Å². The first-order valence-corrected chi connectivity index (χ1v) is 7.89. The van der Waals surface area contributed by atoms with Crippen LogP contribution in [-0.2, 0) is 11.2 Å². The predicted molar refractivity (Wildman–Crippen MR) is 90.4 cm³/mol. The van der Waals surface area contributed by atoms with Crippen LogP contribution in [0.4, 0.5) is 0 Å². The van der Waals surface area contributed by atoms with Crippen LogP contribution in [0.25, 0.3) is 5.57 Å². The maximum absolute atomic E-state index is 12.3. The van der Waals surface area contributed by atoms with Gasteiger partial charge in [-0.3, -0.25) is 4.79 Å². The second kappa shape index (κ2) is 7.08. The summed E-state index contributed by atoms with van der Waals surface area (Å²) in [6, 6.07) is 20.6. The number of carbonyl (C=O) groups excluding carboxylic acids is 1. The molecule has 1 heterocycles. The molecule has 0 aliphatic carbocycles. The summed E-state index contributed by atoms with van der Waals surface area (Å²) >= 11 is 0. The van der Waals surface area contributed by atoms with Crippen molar-refractivity contribution in [3.63, 3.8) is 0 Å². The van der Waals surface area contributed by atoms with Gasteiger partial charge in [-0.2, -0.15) is 0 Å². The van der Waals surface area contributed by atoms with Gasteiger partial charge in [0.15, 0.2) is 0 Å². The zero-order valence-electron chi connectivity index (χ0n) is 12.7. The van der Waals surface area contributed by atoms with E-state index in [0.29, 0.717) is 6.42 Å². The van der Waals surface area contributed by atoms with Gasteiger partial charge in [-0.05, 0) is 29.5 Å². The van der Waals surface area contributed by atoms with Crippen LogP contribution in [0.5, 0.6) is 0 Å². The second-order valence-corrected chi connectivity index (χ2v) is 5.67. The third-order valence-corrected chi connectivity index (χ3v) is 4.18. The second-order valence-electron chi connectivity index (χ2n) is 5.67. The third kappa shape index (κ3) is 3.64. The van der Waals surface area contributed by atoms with Crippen molar-refractivity contribution in [2.24, 2.45) is 0 Å². The number of hydrogen-bond donors (Lipinski definition) is 0. The van der Waals surface area contributed by atoms with Gasteiger partial charge in [0.25, 0.3) is 0 Å². The van der Waals surface area contributed by atoms with Gasteiger partial charge in [-0.15, -0.1) is 0 Å². The molecule has 0 atom stereocenters.